The van der Waals surface area contributed by atoms with Gasteiger partial charge in [0.1, 0.15) is 0 Å². The lowest BCUT2D eigenvalue weighted by atomic mass is 9.87. The highest BCUT2D eigenvalue weighted by Gasteiger charge is 2.45. The van der Waals surface area contributed by atoms with Crippen LogP contribution >= 0.6 is 0 Å². The van der Waals surface area contributed by atoms with Crippen molar-refractivity contribution in [2.45, 2.75) is 32.1 Å². The molecule has 2 aliphatic carbocycles. The van der Waals surface area contributed by atoms with E-state index in [1.807, 2.05) is 0 Å². The Morgan fingerprint density at radius 1 is 1.50 bits per heavy atom. The average molecular weight is 168 g/mol. The van der Waals surface area contributed by atoms with E-state index in [-0.39, 0.29) is 5.97 Å². The number of carbonyl (C=O) groups excluding carboxylic acids is 1. The Kier molecular flexibility index (Phi) is 2.07. The van der Waals surface area contributed by atoms with Gasteiger partial charge >= 0.3 is 5.97 Å². The summed E-state index contributed by atoms with van der Waals surface area (Å²) in [6.45, 7) is 0. The van der Waals surface area contributed by atoms with Crippen molar-refractivity contribution in [1.29, 1.82) is 0 Å². The van der Waals surface area contributed by atoms with E-state index < -0.39 is 0 Å². The molecule has 2 heteroatoms. The standard InChI is InChI=1S/C10H16O2/c1-12-10(11)6-8-4-2-3-7-5-9(7)8/h7-9H,2-6H2,1H3/t7-,8-,9+/m1/s1. The number of carbonyl (C=O) groups is 1. The van der Waals surface area contributed by atoms with E-state index >= 15 is 0 Å². The van der Waals surface area contributed by atoms with E-state index in [0.717, 1.165) is 11.8 Å². The second kappa shape index (κ2) is 3.08. The first-order chi connectivity index (χ1) is 5.81. The molecule has 0 aromatic carbocycles. The van der Waals surface area contributed by atoms with Crippen LogP contribution in [-0.2, 0) is 9.53 Å². The number of hydrogen-bond acceptors (Lipinski definition) is 2. The number of methoxy groups -OCH3 is 1. The van der Waals surface area contributed by atoms with Crippen LogP contribution in [0.15, 0.2) is 0 Å². The lowest BCUT2D eigenvalue weighted by Gasteiger charge is -2.19. The van der Waals surface area contributed by atoms with Crippen molar-refractivity contribution in [3.05, 3.63) is 0 Å². The third-order valence-electron chi connectivity index (χ3n) is 3.39. The Morgan fingerprint density at radius 2 is 2.33 bits per heavy atom. The summed E-state index contributed by atoms with van der Waals surface area (Å²) in [5.41, 5.74) is 0. The Bertz CT molecular complexity index is 188. The lowest BCUT2D eigenvalue weighted by Crippen LogP contribution is -2.15. The van der Waals surface area contributed by atoms with Gasteiger partial charge in [0.2, 0.25) is 0 Å². The van der Waals surface area contributed by atoms with Crippen LogP contribution in [-0.4, -0.2) is 13.1 Å². The predicted molar refractivity (Wildman–Crippen MR) is 45.6 cm³/mol. The predicted octanol–water partition coefficient (Wildman–Crippen LogP) is 1.99. The van der Waals surface area contributed by atoms with E-state index in [9.17, 15) is 4.79 Å². The molecule has 0 spiro atoms. The molecule has 0 unspecified atom stereocenters. The molecule has 2 nitrogen and oxygen atoms in total. The first kappa shape index (κ1) is 8.09. The van der Waals surface area contributed by atoms with Gasteiger partial charge in [-0.05, 0) is 30.6 Å². The Balaban J connectivity index is 1.83. The van der Waals surface area contributed by atoms with Gasteiger partial charge in [-0.1, -0.05) is 12.8 Å². The normalized spacial score (nSPS) is 38.6. The van der Waals surface area contributed by atoms with Gasteiger partial charge in [-0.2, -0.15) is 0 Å². The van der Waals surface area contributed by atoms with Crippen molar-refractivity contribution in [1.82, 2.24) is 0 Å². The summed E-state index contributed by atoms with van der Waals surface area (Å²) in [5.74, 6) is 2.47. The number of hydrogen-bond donors (Lipinski definition) is 0. The molecule has 0 N–H and O–H groups in total. The fourth-order valence-corrected chi connectivity index (χ4v) is 2.59. The van der Waals surface area contributed by atoms with E-state index in [1.54, 1.807) is 0 Å². The topological polar surface area (TPSA) is 26.3 Å². The highest BCUT2D eigenvalue weighted by molar-refractivity contribution is 5.69. The number of fused-ring (bicyclic) bond motifs is 1. The summed E-state index contributed by atoms with van der Waals surface area (Å²) in [4.78, 5) is 11.0. The summed E-state index contributed by atoms with van der Waals surface area (Å²) in [5, 5.41) is 0. The van der Waals surface area contributed by atoms with Gasteiger partial charge in [-0.3, -0.25) is 4.79 Å². The molecular weight excluding hydrogens is 152 g/mol. The maximum absolute atomic E-state index is 11.0. The summed E-state index contributed by atoms with van der Waals surface area (Å²) < 4.78 is 4.68. The quantitative estimate of drug-likeness (QED) is 0.589. The highest BCUT2D eigenvalue weighted by Crippen LogP contribution is 2.53. The summed E-state index contributed by atoms with van der Waals surface area (Å²) in [7, 11) is 1.48. The maximum atomic E-state index is 11.0. The third-order valence-corrected chi connectivity index (χ3v) is 3.39. The molecule has 0 aromatic heterocycles. The van der Waals surface area contributed by atoms with Crippen molar-refractivity contribution in [2.75, 3.05) is 7.11 Å². The zero-order valence-electron chi connectivity index (χ0n) is 7.58. The molecule has 3 atom stereocenters. The van der Waals surface area contributed by atoms with Crippen LogP contribution in [0.4, 0.5) is 0 Å². The number of esters is 1. The maximum Gasteiger partial charge on any atom is 0.305 e. The minimum absolute atomic E-state index is 0.0208. The second-order valence-electron chi connectivity index (χ2n) is 4.13. The van der Waals surface area contributed by atoms with Crippen molar-refractivity contribution < 1.29 is 9.53 Å². The molecule has 2 rings (SSSR count). The van der Waals surface area contributed by atoms with Crippen LogP contribution in [0.5, 0.6) is 0 Å². The fraction of sp³-hybridized carbons (Fsp3) is 0.900. The van der Waals surface area contributed by atoms with E-state index in [1.165, 1.54) is 32.8 Å². The van der Waals surface area contributed by atoms with Gasteiger partial charge < -0.3 is 4.74 Å². The first-order valence-corrected chi connectivity index (χ1v) is 4.88. The SMILES string of the molecule is COC(=O)C[C@H]1CCC[C@@H]2C[C@H]12. The molecule has 0 bridgehead atoms. The van der Waals surface area contributed by atoms with Crippen molar-refractivity contribution >= 4 is 5.97 Å². The minimum atomic E-state index is -0.0208. The van der Waals surface area contributed by atoms with Crippen molar-refractivity contribution in [3.63, 3.8) is 0 Å². The zero-order chi connectivity index (χ0) is 8.55. The monoisotopic (exact) mass is 168 g/mol. The minimum Gasteiger partial charge on any atom is -0.469 e. The van der Waals surface area contributed by atoms with Gasteiger partial charge in [0, 0.05) is 6.42 Å². The molecule has 2 aliphatic rings. The van der Waals surface area contributed by atoms with E-state index in [2.05, 4.69) is 4.74 Å². The van der Waals surface area contributed by atoms with Gasteiger partial charge in [-0.25, -0.2) is 0 Å². The van der Waals surface area contributed by atoms with Crippen LogP contribution in [0.1, 0.15) is 32.1 Å². The van der Waals surface area contributed by atoms with Crippen molar-refractivity contribution in [2.24, 2.45) is 17.8 Å². The number of rotatable bonds is 2. The Hall–Kier alpha value is -0.530. The van der Waals surface area contributed by atoms with Gasteiger partial charge in [-0.15, -0.1) is 0 Å². The Labute approximate surface area is 73.3 Å². The van der Waals surface area contributed by atoms with Crippen molar-refractivity contribution in [3.8, 4) is 0 Å². The second-order valence-corrected chi connectivity index (χ2v) is 4.13. The molecule has 68 valence electrons. The molecule has 0 heterocycles. The molecule has 0 saturated heterocycles. The summed E-state index contributed by atoms with van der Waals surface area (Å²) >= 11 is 0. The molecule has 0 aromatic rings. The van der Waals surface area contributed by atoms with Gasteiger partial charge in [0.25, 0.3) is 0 Å². The van der Waals surface area contributed by atoms with Crippen LogP contribution in [0.3, 0.4) is 0 Å². The largest absolute Gasteiger partial charge is 0.469 e. The molecule has 0 amide bonds. The average Bonchev–Trinajstić information content (AvgIpc) is 2.84. The summed E-state index contributed by atoms with van der Waals surface area (Å²) in [6, 6.07) is 0. The smallest absolute Gasteiger partial charge is 0.305 e. The summed E-state index contributed by atoms with van der Waals surface area (Å²) in [6.07, 6.45) is 6.01. The molecular formula is C10H16O2. The lowest BCUT2D eigenvalue weighted by molar-refractivity contribution is -0.142. The van der Waals surface area contributed by atoms with Crippen LogP contribution < -0.4 is 0 Å². The molecule has 12 heavy (non-hydrogen) atoms. The molecule has 2 saturated carbocycles. The molecule has 0 radical (unpaired) electrons. The fourth-order valence-electron chi connectivity index (χ4n) is 2.59. The number of ether oxygens (including phenoxy) is 1. The van der Waals surface area contributed by atoms with Gasteiger partial charge in [0.05, 0.1) is 7.11 Å². The molecule has 0 aliphatic heterocycles. The van der Waals surface area contributed by atoms with Gasteiger partial charge in [0.15, 0.2) is 0 Å². The van der Waals surface area contributed by atoms with E-state index in [0.29, 0.717) is 12.3 Å². The first-order valence-electron chi connectivity index (χ1n) is 4.88. The van der Waals surface area contributed by atoms with Crippen LogP contribution in [0, 0.1) is 17.8 Å². The zero-order valence-corrected chi connectivity index (χ0v) is 7.58. The third kappa shape index (κ3) is 1.47. The van der Waals surface area contributed by atoms with E-state index in [4.69, 9.17) is 0 Å². The Morgan fingerprint density at radius 3 is 3.08 bits per heavy atom. The van der Waals surface area contributed by atoms with Crippen LogP contribution in [0.25, 0.3) is 0 Å². The van der Waals surface area contributed by atoms with Crippen LogP contribution in [0.2, 0.25) is 0 Å². The molecule has 2 fully saturated rings. The highest BCUT2D eigenvalue weighted by atomic mass is 16.5.